The van der Waals surface area contributed by atoms with E-state index in [0.29, 0.717) is 6.04 Å². The average Bonchev–Trinajstić information content (AvgIpc) is 2.41. The zero-order valence-electron chi connectivity index (χ0n) is 12.7. The molecule has 112 valence electrons. The second-order valence-corrected chi connectivity index (χ2v) is 6.87. The van der Waals surface area contributed by atoms with E-state index in [9.17, 15) is 0 Å². The molecule has 0 radical (unpaired) electrons. The van der Waals surface area contributed by atoms with Gasteiger partial charge in [-0.25, -0.2) is 0 Å². The summed E-state index contributed by atoms with van der Waals surface area (Å²) in [6.07, 6.45) is 2.39. The third-order valence-electron chi connectivity index (χ3n) is 3.73. The van der Waals surface area contributed by atoms with E-state index >= 15 is 0 Å². The lowest BCUT2D eigenvalue weighted by molar-refractivity contribution is 0.198. The van der Waals surface area contributed by atoms with E-state index in [1.54, 1.807) is 7.11 Å². The lowest BCUT2D eigenvalue weighted by Gasteiger charge is -2.34. The molecular formula is C16H25BrN2O. The van der Waals surface area contributed by atoms with Gasteiger partial charge in [-0.15, -0.1) is 0 Å². The molecule has 3 nitrogen and oxygen atoms in total. The third-order valence-corrected chi connectivity index (χ3v) is 4.23. The Bertz CT molecular complexity index is 428. The van der Waals surface area contributed by atoms with Gasteiger partial charge < -0.3 is 15.0 Å². The SMILES string of the molecule is COc1ccc(Br)cc1NC1CCN(CC(C)C)CC1. The van der Waals surface area contributed by atoms with Crippen molar-refractivity contribution in [1.29, 1.82) is 0 Å². The van der Waals surface area contributed by atoms with Gasteiger partial charge in [0.15, 0.2) is 0 Å². The summed E-state index contributed by atoms with van der Waals surface area (Å²) in [5.74, 6) is 1.67. The van der Waals surface area contributed by atoms with Crippen molar-refractivity contribution in [3.05, 3.63) is 22.7 Å². The lowest BCUT2D eigenvalue weighted by atomic mass is 10.0. The van der Waals surface area contributed by atoms with Crippen molar-refractivity contribution in [3.8, 4) is 5.75 Å². The van der Waals surface area contributed by atoms with Crippen molar-refractivity contribution >= 4 is 21.6 Å². The molecule has 1 aromatic rings. The number of halogens is 1. The van der Waals surface area contributed by atoms with Gasteiger partial charge in [-0.2, -0.15) is 0 Å². The molecule has 0 unspecified atom stereocenters. The molecule has 1 aliphatic rings. The van der Waals surface area contributed by atoms with Crippen molar-refractivity contribution in [1.82, 2.24) is 4.90 Å². The first-order chi connectivity index (χ1) is 9.58. The maximum absolute atomic E-state index is 5.42. The lowest BCUT2D eigenvalue weighted by Crippen LogP contribution is -2.40. The number of anilines is 1. The minimum atomic E-state index is 0.543. The Morgan fingerprint density at radius 1 is 1.35 bits per heavy atom. The van der Waals surface area contributed by atoms with Gasteiger partial charge in [0.1, 0.15) is 5.75 Å². The monoisotopic (exact) mass is 340 g/mol. The van der Waals surface area contributed by atoms with E-state index < -0.39 is 0 Å². The Labute approximate surface area is 130 Å². The summed E-state index contributed by atoms with van der Waals surface area (Å²) in [4.78, 5) is 2.57. The number of methoxy groups -OCH3 is 1. The highest BCUT2D eigenvalue weighted by molar-refractivity contribution is 9.10. The molecule has 0 spiro atoms. The maximum Gasteiger partial charge on any atom is 0.142 e. The number of nitrogens with zero attached hydrogens (tertiary/aromatic N) is 1. The first-order valence-corrected chi connectivity index (χ1v) is 8.20. The number of rotatable bonds is 5. The molecule has 1 heterocycles. The molecule has 0 bridgehead atoms. The fourth-order valence-electron chi connectivity index (χ4n) is 2.79. The van der Waals surface area contributed by atoms with E-state index in [2.05, 4.69) is 46.1 Å². The van der Waals surface area contributed by atoms with E-state index in [0.717, 1.165) is 21.8 Å². The largest absolute Gasteiger partial charge is 0.495 e. The molecule has 0 aromatic heterocycles. The van der Waals surface area contributed by atoms with Crippen LogP contribution in [0.4, 0.5) is 5.69 Å². The molecular weight excluding hydrogens is 316 g/mol. The van der Waals surface area contributed by atoms with E-state index in [1.165, 1.54) is 32.5 Å². The first kappa shape index (κ1) is 15.6. The van der Waals surface area contributed by atoms with Crippen LogP contribution >= 0.6 is 15.9 Å². The topological polar surface area (TPSA) is 24.5 Å². The number of nitrogens with one attached hydrogen (secondary N) is 1. The van der Waals surface area contributed by atoms with Gasteiger partial charge in [0.05, 0.1) is 12.8 Å². The number of benzene rings is 1. The van der Waals surface area contributed by atoms with Crippen molar-refractivity contribution in [2.75, 3.05) is 32.1 Å². The van der Waals surface area contributed by atoms with Crippen LogP contribution in [0.25, 0.3) is 0 Å². The van der Waals surface area contributed by atoms with Crippen LogP contribution in [0.15, 0.2) is 22.7 Å². The van der Waals surface area contributed by atoms with E-state index in [1.807, 2.05) is 12.1 Å². The predicted molar refractivity (Wildman–Crippen MR) is 88.6 cm³/mol. The quantitative estimate of drug-likeness (QED) is 0.876. The fraction of sp³-hybridized carbons (Fsp3) is 0.625. The highest BCUT2D eigenvalue weighted by atomic mass is 79.9. The summed E-state index contributed by atoms with van der Waals surface area (Å²) in [6, 6.07) is 6.65. The fourth-order valence-corrected chi connectivity index (χ4v) is 3.15. The van der Waals surface area contributed by atoms with Gasteiger partial charge >= 0.3 is 0 Å². The van der Waals surface area contributed by atoms with Crippen molar-refractivity contribution in [2.24, 2.45) is 5.92 Å². The Morgan fingerprint density at radius 2 is 2.05 bits per heavy atom. The van der Waals surface area contributed by atoms with E-state index in [-0.39, 0.29) is 0 Å². The number of piperidine rings is 1. The molecule has 0 amide bonds. The molecule has 1 saturated heterocycles. The van der Waals surface area contributed by atoms with Crippen molar-refractivity contribution in [3.63, 3.8) is 0 Å². The van der Waals surface area contributed by atoms with Crippen LogP contribution in [0, 0.1) is 5.92 Å². The van der Waals surface area contributed by atoms with Gasteiger partial charge in [-0.05, 0) is 37.0 Å². The summed E-state index contributed by atoms with van der Waals surface area (Å²) in [5.41, 5.74) is 1.09. The Morgan fingerprint density at radius 3 is 2.65 bits per heavy atom. The van der Waals surface area contributed by atoms with Crippen LogP contribution in [0.2, 0.25) is 0 Å². The van der Waals surface area contributed by atoms with Crippen LogP contribution in [-0.4, -0.2) is 37.7 Å². The molecule has 20 heavy (non-hydrogen) atoms. The second kappa shape index (κ2) is 7.32. The van der Waals surface area contributed by atoms with Gasteiger partial charge in [0, 0.05) is 30.1 Å². The smallest absolute Gasteiger partial charge is 0.142 e. The molecule has 2 rings (SSSR count). The normalized spacial score (nSPS) is 17.4. The minimum absolute atomic E-state index is 0.543. The summed E-state index contributed by atoms with van der Waals surface area (Å²) < 4.78 is 6.50. The summed E-state index contributed by atoms with van der Waals surface area (Å²) in [7, 11) is 1.72. The maximum atomic E-state index is 5.42. The first-order valence-electron chi connectivity index (χ1n) is 7.41. The summed E-state index contributed by atoms with van der Waals surface area (Å²) >= 11 is 3.52. The molecule has 0 aliphatic carbocycles. The van der Waals surface area contributed by atoms with Crippen molar-refractivity contribution in [2.45, 2.75) is 32.7 Å². The van der Waals surface area contributed by atoms with Gasteiger partial charge in [0.25, 0.3) is 0 Å². The number of hydrogen-bond donors (Lipinski definition) is 1. The minimum Gasteiger partial charge on any atom is -0.495 e. The molecule has 0 saturated carbocycles. The molecule has 1 aromatic carbocycles. The number of likely N-dealkylation sites (tertiary alicyclic amines) is 1. The molecule has 4 heteroatoms. The second-order valence-electron chi connectivity index (χ2n) is 5.96. The third kappa shape index (κ3) is 4.38. The highest BCUT2D eigenvalue weighted by Crippen LogP contribution is 2.29. The Kier molecular flexibility index (Phi) is 5.73. The molecule has 1 N–H and O–H groups in total. The molecule has 1 aliphatic heterocycles. The average molecular weight is 341 g/mol. The predicted octanol–water partition coefficient (Wildman–Crippen LogP) is 3.99. The molecule has 1 fully saturated rings. The highest BCUT2D eigenvalue weighted by Gasteiger charge is 2.20. The van der Waals surface area contributed by atoms with Gasteiger partial charge in [-0.3, -0.25) is 0 Å². The Balaban J connectivity index is 1.91. The summed E-state index contributed by atoms with van der Waals surface area (Å²) in [6.45, 7) is 8.17. The van der Waals surface area contributed by atoms with Crippen LogP contribution in [0.1, 0.15) is 26.7 Å². The van der Waals surface area contributed by atoms with Gasteiger partial charge in [0.2, 0.25) is 0 Å². The van der Waals surface area contributed by atoms with Crippen LogP contribution in [0.3, 0.4) is 0 Å². The standard InChI is InChI=1S/C16H25BrN2O/c1-12(2)11-19-8-6-14(7-9-19)18-15-10-13(17)4-5-16(15)20-3/h4-5,10,12,14,18H,6-9,11H2,1-3H3. The zero-order valence-corrected chi connectivity index (χ0v) is 14.2. The Hall–Kier alpha value is -0.740. The summed E-state index contributed by atoms with van der Waals surface area (Å²) in [5, 5.41) is 3.63. The van der Waals surface area contributed by atoms with Crippen molar-refractivity contribution < 1.29 is 4.74 Å². The van der Waals surface area contributed by atoms with Gasteiger partial charge in [-0.1, -0.05) is 29.8 Å². The number of hydrogen-bond acceptors (Lipinski definition) is 3. The van der Waals surface area contributed by atoms with Crippen LogP contribution in [-0.2, 0) is 0 Å². The van der Waals surface area contributed by atoms with Crippen LogP contribution < -0.4 is 10.1 Å². The molecule has 0 atom stereocenters. The van der Waals surface area contributed by atoms with E-state index in [4.69, 9.17) is 4.74 Å². The van der Waals surface area contributed by atoms with Crippen LogP contribution in [0.5, 0.6) is 5.75 Å². The number of ether oxygens (including phenoxy) is 1. The zero-order chi connectivity index (χ0) is 14.5.